The van der Waals surface area contributed by atoms with Gasteiger partial charge in [0.05, 0.1) is 0 Å². The highest BCUT2D eigenvalue weighted by molar-refractivity contribution is 5.67. The van der Waals surface area contributed by atoms with Crippen molar-refractivity contribution in [2.24, 2.45) is 0 Å². The lowest BCUT2D eigenvalue weighted by Gasteiger charge is -2.11. The summed E-state index contributed by atoms with van der Waals surface area (Å²) in [4.78, 5) is 0. The van der Waals surface area contributed by atoms with Crippen molar-refractivity contribution in [3.05, 3.63) is 59.5 Å². The molecule has 0 unspecified atom stereocenters. The van der Waals surface area contributed by atoms with Crippen molar-refractivity contribution in [2.45, 2.75) is 13.2 Å². The van der Waals surface area contributed by atoms with E-state index in [0.29, 0.717) is 11.1 Å². The monoisotopic (exact) mass is 360 g/mol. The molecule has 0 bridgehead atoms. The summed E-state index contributed by atoms with van der Waals surface area (Å²) < 4.78 is 48.1. The highest BCUT2D eigenvalue weighted by Crippen LogP contribution is 2.31. The van der Waals surface area contributed by atoms with E-state index in [1.165, 1.54) is 30.3 Å². The van der Waals surface area contributed by atoms with E-state index in [9.17, 15) is 13.2 Å². The number of ether oxygens (including phenoxy) is 2. The standard InChI is InChI=1S/C17H11F3N4O2/c18-12-3-1-10(2-4-12)9-25-13-5-11(6-14(7-13)26-17(19)20)16-15(8-21)22-24-23-16/h1-7,17H,9H2,(H,22,23,24). The van der Waals surface area contributed by atoms with Gasteiger partial charge in [0.25, 0.3) is 0 Å². The Morgan fingerprint density at radius 1 is 1.12 bits per heavy atom. The van der Waals surface area contributed by atoms with Crippen LogP contribution >= 0.6 is 0 Å². The Hall–Kier alpha value is -3.54. The minimum absolute atomic E-state index is 0.0729. The molecule has 0 spiro atoms. The van der Waals surface area contributed by atoms with Crippen molar-refractivity contribution in [1.29, 1.82) is 5.26 Å². The Morgan fingerprint density at radius 3 is 2.54 bits per heavy atom. The molecule has 1 N–H and O–H groups in total. The van der Waals surface area contributed by atoms with Crippen LogP contribution in [0, 0.1) is 17.1 Å². The van der Waals surface area contributed by atoms with E-state index in [1.807, 2.05) is 6.07 Å². The van der Waals surface area contributed by atoms with Crippen molar-refractivity contribution in [1.82, 2.24) is 15.4 Å². The van der Waals surface area contributed by atoms with E-state index in [1.54, 1.807) is 12.1 Å². The molecule has 2 aromatic carbocycles. The second kappa shape index (κ2) is 7.57. The van der Waals surface area contributed by atoms with Crippen LogP contribution in [0.2, 0.25) is 0 Å². The maximum Gasteiger partial charge on any atom is 0.387 e. The topological polar surface area (TPSA) is 83.8 Å². The Morgan fingerprint density at radius 2 is 1.85 bits per heavy atom. The maximum absolute atomic E-state index is 12.9. The van der Waals surface area contributed by atoms with Gasteiger partial charge in [0, 0.05) is 11.6 Å². The highest BCUT2D eigenvalue weighted by atomic mass is 19.3. The Bertz CT molecular complexity index is 936. The fraction of sp³-hybridized carbons (Fsp3) is 0.118. The van der Waals surface area contributed by atoms with Crippen LogP contribution in [0.3, 0.4) is 0 Å². The van der Waals surface area contributed by atoms with Gasteiger partial charge in [-0.1, -0.05) is 17.3 Å². The molecule has 1 aromatic heterocycles. The number of nitrogens with zero attached hydrogens (tertiary/aromatic N) is 3. The fourth-order valence-electron chi connectivity index (χ4n) is 2.22. The van der Waals surface area contributed by atoms with Gasteiger partial charge in [-0.2, -0.15) is 14.0 Å². The summed E-state index contributed by atoms with van der Waals surface area (Å²) in [6.45, 7) is -2.94. The summed E-state index contributed by atoms with van der Waals surface area (Å²) in [6.07, 6.45) is 0. The van der Waals surface area contributed by atoms with Gasteiger partial charge in [0.2, 0.25) is 0 Å². The van der Waals surface area contributed by atoms with E-state index in [2.05, 4.69) is 20.1 Å². The van der Waals surface area contributed by atoms with E-state index in [0.717, 1.165) is 0 Å². The van der Waals surface area contributed by atoms with Gasteiger partial charge >= 0.3 is 6.61 Å². The molecule has 26 heavy (non-hydrogen) atoms. The Kier molecular flexibility index (Phi) is 5.03. The van der Waals surface area contributed by atoms with Crippen molar-refractivity contribution in [3.63, 3.8) is 0 Å². The maximum atomic E-state index is 12.9. The predicted molar refractivity (Wildman–Crippen MR) is 83.9 cm³/mol. The van der Waals surface area contributed by atoms with Crippen molar-refractivity contribution < 1.29 is 22.6 Å². The van der Waals surface area contributed by atoms with E-state index >= 15 is 0 Å². The third-order valence-electron chi connectivity index (χ3n) is 3.36. The summed E-state index contributed by atoms with van der Waals surface area (Å²) in [5, 5.41) is 18.8. The van der Waals surface area contributed by atoms with Gasteiger partial charge in [0.1, 0.15) is 35.7 Å². The van der Waals surface area contributed by atoms with Crippen LogP contribution in [0.25, 0.3) is 11.3 Å². The van der Waals surface area contributed by atoms with Crippen LogP contribution in [0.5, 0.6) is 11.5 Å². The first-order chi connectivity index (χ1) is 12.5. The molecular formula is C17H11F3N4O2. The number of nitrogens with one attached hydrogen (secondary N) is 1. The number of hydrogen-bond donors (Lipinski definition) is 1. The van der Waals surface area contributed by atoms with Crippen LogP contribution in [0.15, 0.2) is 42.5 Å². The van der Waals surface area contributed by atoms with Gasteiger partial charge < -0.3 is 9.47 Å². The number of hydrogen-bond acceptors (Lipinski definition) is 5. The largest absolute Gasteiger partial charge is 0.489 e. The third-order valence-corrected chi connectivity index (χ3v) is 3.36. The van der Waals surface area contributed by atoms with Crippen LogP contribution in [0.1, 0.15) is 11.3 Å². The second-order valence-corrected chi connectivity index (χ2v) is 5.13. The highest BCUT2D eigenvalue weighted by Gasteiger charge is 2.14. The van der Waals surface area contributed by atoms with Gasteiger partial charge in [-0.05, 0) is 29.8 Å². The number of alkyl halides is 2. The number of aromatic amines is 1. The molecule has 0 radical (unpaired) electrons. The van der Waals surface area contributed by atoms with Crippen LogP contribution in [-0.2, 0) is 6.61 Å². The summed E-state index contributed by atoms with van der Waals surface area (Å²) in [5.74, 6) is -0.314. The van der Waals surface area contributed by atoms with E-state index in [4.69, 9.17) is 10.00 Å². The molecule has 1 heterocycles. The van der Waals surface area contributed by atoms with E-state index < -0.39 is 6.61 Å². The predicted octanol–water partition coefficient (Wildman–Crippen LogP) is 3.66. The number of aromatic nitrogens is 3. The summed E-state index contributed by atoms with van der Waals surface area (Å²) in [7, 11) is 0. The first kappa shape index (κ1) is 17.3. The number of benzene rings is 2. The zero-order valence-corrected chi connectivity index (χ0v) is 13.1. The average Bonchev–Trinajstić information content (AvgIpc) is 3.09. The zero-order chi connectivity index (χ0) is 18.5. The van der Waals surface area contributed by atoms with Crippen LogP contribution in [-0.4, -0.2) is 22.0 Å². The number of nitriles is 1. The smallest absolute Gasteiger partial charge is 0.387 e. The molecular weight excluding hydrogens is 349 g/mol. The molecule has 0 aliphatic rings. The van der Waals surface area contributed by atoms with Gasteiger partial charge in [0.15, 0.2) is 5.69 Å². The summed E-state index contributed by atoms with van der Waals surface area (Å²) in [6, 6.07) is 11.6. The normalized spacial score (nSPS) is 10.6. The molecule has 3 aromatic rings. The van der Waals surface area contributed by atoms with Gasteiger partial charge in [-0.25, -0.2) is 9.49 Å². The quantitative estimate of drug-likeness (QED) is 0.725. The molecule has 6 nitrogen and oxygen atoms in total. The molecule has 0 amide bonds. The molecule has 9 heteroatoms. The lowest BCUT2D eigenvalue weighted by Crippen LogP contribution is -2.03. The molecule has 132 valence electrons. The SMILES string of the molecule is N#Cc1[nH]nnc1-c1cc(OCc2ccc(F)cc2)cc(OC(F)F)c1. The first-order valence-corrected chi connectivity index (χ1v) is 7.34. The third kappa shape index (κ3) is 4.10. The first-order valence-electron chi connectivity index (χ1n) is 7.34. The fourth-order valence-corrected chi connectivity index (χ4v) is 2.22. The Labute approximate surface area is 145 Å². The molecule has 0 saturated heterocycles. The molecule has 3 rings (SSSR count). The average molecular weight is 360 g/mol. The molecule has 0 fully saturated rings. The van der Waals surface area contributed by atoms with Crippen molar-refractivity contribution >= 4 is 0 Å². The summed E-state index contributed by atoms with van der Waals surface area (Å²) in [5.41, 5.74) is 1.26. The molecule has 0 atom stereocenters. The Balaban J connectivity index is 1.89. The van der Waals surface area contributed by atoms with Gasteiger partial charge in [-0.15, -0.1) is 5.10 Å². The lowest BCUT2D eigenvalue weighted by molar-refractivity contribution is -0.0499. The molecule has 0 aliphatic carbocycles. The van der Waals surface area contributed by atoms with Crippen molar-refractivity contribution in [3.8, 4) is 28.8 Å². The number of rotatable bonds is 6. The minimum atomic E-state index is -3.03. The van der Waals surface area contributed by atoms with Crippen molar-refractivity contribution in [2.75, 3.05) is 0 Å². The molecule has 0 saturated carbocycles. The van der Waals surface area contributed by atoms with Crippen LogP contribution < -0.4 is 9.47 Å². The zero-order valence-electron chi connectivity index (χ0n) is 13.1. The van der Waals surface area contributed by atoms with Gasteiger partial charge in [-0.3, -0.25) is 0 Å². The number of H-pyrrole nitrogens is 1. The summed E-state index contributed by atoms with van der Waals surface area (Å²) >= 11 is 0. The second-order valence-electron chi connectivity index (χ2n) is 5.13. The number of halogens is 3. The molecule has 0 aliphatic heterocycles. The van der Waals surface area contributed by atoms with E-state index in [-0.39, 0.29) is 35.3 Å². The lowest BCUT2D eigenvalue weighted by atomic mass is 10.1. The minimum Gasteiger partial charge on any atom is -0.489 e. The van der Waals surface area contributed by atoms with Crippen LogP contribution in [0.4, 0.5) is 13.2 Å².